The summed E-state index contributed by atoms with van der Waals surface area (Å²) in [5, 5.41) is 8.56. The highest BCUT2D eigenvalue weighted by atomic mass is 16.7. The quantitative estimate of drug-likeness (QED) is 0.693. The van der Waals surface area contributed by atoms with Crippen molar-refractivity contribution < 1.29 is 9.47 Å². The average molecular weight is 205 g/mol. The molecule has 3 nitrogen and oxygen atoms in total. The lowest BCUT2D eigenvalue weighted by atomic mass is 10.1. The normalized spacial score (nSPS) is 11.8. The summed E-state index contributed by atoms with van der Waals surface area (Å²) in [6.07, 6.45) is 0.146. The van der Waals surface area contributed by atoms with E-state index in [2.05, 4.69) is 6.07 Å². The number of hydrogen-bond acceptors (Lipinski definition) is 3. The molecule has 0 aliphatic rings. The van der Waals surface area contributed by atoms with Gasteiger partial charge in [-0.15, -0.1) is 0 Å². The SMILES string of the molecule is CCOC(C)Oc1cccc(CC#N)c1. The Bertz CT molecular complexity index is 344. The number of hydrogen-bond donors (Lipinski definition) is 0. The van der Waals surface area contributed by atoms with Gasteiger partial charge in [0.2, 0.25) is 0 Å². The minimum absolute atomic E-state index is 0.257. The van der Waals surface area contributed by atoms with Crippen LogP contribution in [0.4, 0.5) is 0 Å². The second kappa shape index (κ2) is 6.05. The van der Waals surface area contributed by atoms with Gasteiger partial charge in [0, 0.05) is 6.61 Å². The molecule has 0 heterocycles. The Balaban J connectivity index is 2.61. The third kappa shape index (κ3) is 4.01. The second-order valence-corrected chi connectivity index (χ2v) is 3.12. The molecule has 15 heavy (non-hydrogen) atoms. The van der Waals surface area contributed by atoms with Gasteiger partial charge in [-0.1, -0.05) is 12.1 Å². The number of ether oxygens (including phenoxy) is 2. The summed E-state index contributed by atoms with van der Waals surface area (Å²) >= 11 is 0. The first-order valence-electron chi connectivity index (χ1n) is 5.00. The molecule has 1 rings (SSSR count). The van der Waals surface area contributed by atoms with E-state index in [0.29, 0.717) is 13.0 Å². The fraction of sp³-hybridized carbons (Fsp3) is 0.417. The first-order chi connectivity index (χ1) is 7.26. The standard InChI is InChI=1S/C12H15NO2/c1-3-14-10(2)15-12-6-4-5-11(9-12)7-8-13/h4-6,9-10H,3,7H2,1-2H3. The Morgan fingerprint density at radius 1 is 1.47 bits per heavy atom. The zero-order valence-electron chi connectivity index (χ0n) is 9.06. The minimum atomic E-state index is -0.257. The summed E-state index contributed by atoms with van der Waals surface area (Å²) in [6, 6.07) is 9.60. The van der Waals surface area contributed by atoms with E-state index in [-0.39, 0.29) is 6.29 Å². The van der Waals surface area contributed by atoms with Gasteiger partial charge in [-0.25, -0.2) is 0 Å². The third-order valence-electron chi connectivity index (χ3n) is 1.89. The predicted octanol–water partition coefficient (Wildman–Crippen LogP) is 2.51. The van der Waals surface area contributed by atoms with Crippen molar-refractivity contribution in [3.63, 3.8) is 0 Å². The van der Waals surface area contributed by atoms with Crippen molar-refractivity contribution in [2.45, 2.75) is 26.6 Å². The van der Waals surface area contributed by atoms with Crippen LogP contribution in [0.5, 0.6) is 5.75 Å². The number of nitrogens with zero attached hydrogens (tertiary/aromatic N) is 1. The zero-order chi connectivity index (χ0) is 11.1. The molecule has 0 saturated heterocycles. The van der Waals surface area contributed by atoms with E-state index in [9.17, 15) is 0 Å². The lowest BCUT2D eigenvalue weighted by Crippen LogP contribution is -2.15. The first kappa shape index (κ1) is 11.5. The van der Waals surface area contributed by atoms with Crippen molar-refractivity contribution in [2.24, 2.45) is 0 Å². The molecule has 0 aliphatic carbocycles. The monoisotopic (exact) mass is 205 g/mol. The molecule has 0 saturated carbocycles. The van der Waals surface area contributed by atoms with Crippen molar-refractivity contribution in [1.29, 1.82) is 5.26 Å². The Kier molecular flexibility index (Phi) is 4.65. The van der Waals surface area contributed by atoms with E-state index in [4.69, 9.17) is 14.7 Å². The van der Waals surface area contributed by atoms with Crippen molar-refractivity contribution in [3.8, 4) is 11.8 Å². The van der Waals surface area contributed by atoms with Gasteiger partial charge in [-0.05, 0) is 31.5 Å². The Hall–Kier alpha value is -1.53. The molecule has 0 amide bonds. The molecular weight excluding hydrogens is 190 g/mol. The third-order valence-corrected chi connectivity index (χ3v) is 1.89. The highest BCUT2D eigenvalue weighted by Crippen LogP contribution is 2.15. The molecule has 1 aromatic rings. The van der Waals surface area contributed by atoms with Gasteiger partial charge in [0.05, 0.1) is 12.5 Å². The Labute approximate surface area is 90.2 Å². The van der Waals surface area contributed by atoms with Gasteiger partial charge in [0.25, 0.3) is 0 Å². The summed E-state index contributed by atoms with van der Waals surface area (Å²) in [5.74, 6) is 0.740. The van der Waals surface area contributed by atoms with Crippen LogP contribution in [0.1, 0.15) is 19.4 Å². The molecule has 0 fully saturated rings. The van der Waals surface area contributed by atoms with Crippen LogP contribution in [-0.4, -0.2) is 12.9 Å². The second-order valence-electron chi connectivity index (χ2n) is 3.12. The van der Waals surface area contributed by atoms with E-state index in [0.717, 1.165) is 11.3 Å². The maximum Gasteiger partial charge on any atom is 0.196 e. The zero-order valence-corrected chi connectivity index (χ0v) is 9.06. The van der Waals surface area contributed by atoms with Crippen LogP contribution in [0.3, 0.4) is 0 Å². The lowest BCUT2D eigenvalue weighted by molar-refractivity contribution is -0.0613. The molecule has 0 aromatic heterocycles. The van der Waals surface area contributed by atoms with Crippen molar-refractivity contribution in [1.82, 2.24) is 0 Å². The van der Waals surface area contributed by atoms with E-state index in [1.54, 1.807) is 0 Å². The molecule has 0 N–H and O–H groups in total. The van der Waals surface area contributed by atoms with Crippen molar-refractivity contribution in [2.75, 3.05) is 6.61 Å². The van der Waals surface area contributed by atoms with E-state index in [1.807, 2.05) is 38.1 Å². The minimum Gasteiger partial charge on any atom is -0.465 e. The van der Waals surface area contributed by atoms with Gasteiger partial charge in [0.1, 0.15) is 5.75 Å². The summed E-state index contributed by atoms with van der Waals surface area (Å²) in [6.45, 7) is 4.39. The molecule has 0 spiro atoms. The fourth-order valence-electron chi connectivity index (χ4n) is 1.28. The van der Waals surface area contributed by atoms with E-state index >= 15 is 0 Å². The van der Waals surface area contributed by atoms with Gasteiger partial charge in [-0.3, -0.25) is 0 Å². The number of nitriles is 1. The Morgan fingerprint density at radius 2 is 2.27 bits per heavy atom. The van der Waals surface area contributed by atoms with Crippen molar-refractivity contribution >= 4 is 0 Å². The van der Waals surface area contributed by atoms with Crippen LogP contribution >= 0.6 is 0 Å². The van der Waals surface area contributed by atoms with Crippen LogP contribution in [0.2, 0.25) is 0 Å². The lowest BCUT2D eigenvalue weighted by Gasteiger charge is -2.14. The van der Waals surface area contributed by atoms with Gasteiger partial charge >= 0.3 is 0 Å². The summed E-state index contributed by atoms with van der Waals surface area (Å²) < 4.78 is 10.8. The molecule has 80 valence electrons. The molecule has 0 aliphatic heterocycles. The van der Waals surface area contributed by atoms with Crippen LogP contribution in [0.25, 0.3) is 0 Å². The largest absolute Gasteiger partial charge is 0.465 e. The van der Waals surface area contributed by atoms with Crippen LogP contribution in [0, 0.1) is 11.3 Å². The average Bonchev–Trinajstić information content (AvgIpc) is 2.19. The highest BCUT2D eigenvalue weighted by Gasteiger charge is 2.03. The molecule has 0 bridgehead atoms. The first-order valence-corrected chi connectivity index (χ1v) is 5.00. The molecule has 3 heteroatoms. The highest BCUT2D eigenvalue weighted by molar-refractivity contribution is 5.30. The number of rotatable bonds is 5. The van der Waals surface area contributed by atoms with Crippen LogP contribution in [0.15, 0.2) is 24.3 Å². The maximum atomic E-state index is 8.56. The fourth-order valence-corrected chi connectivity index (χ4v) is 1.28. The van der Waals surface area contributed by atoms with Gasteiger partial charge in [-0.2, -0.15) is 5.26 Å². The smallest absolute Gasteiger partial charge is 0.196 e. The summed E-state index contributed by atoms with van der Waals surface area (Å²) in [5.41, 5.74) is 0.957. The van der Waals surface area contributed by atoms with Gasteiger partial charge < -0.3 is 9.47 Å². The molecule has 1 unspecified atom stereocenters. The summed E-state index contributed by atoms with van der Waals surface area (Å²) in [7, 11) is 0. The molecular formula is C12H15NO2. The Morgan fingerprint density at radius 3 is 2.93 bits per heavy atom. The van der Waals surface area contributed by atoms with E-state index < -0.39 is 0 Å². The maximum absolute atomic E-state index is 8.56. The number of benzene rings is 1. The molecule has 1 aromatic carbocycles. The van der Waals surface area contributed by atoms with Crippen LogP contribution < -0.4 is 4.74 Å². The van der Waals surface area contributed by atoms with Gasteiger partial charge in [0.15, 0.2) is 6.29 Å². The molecule has 1 atom stereocenters. The topological polar surface area (TPSA) is 42.2 Å². The van der Waals surface area contributed by atoms with E-state index in [1.165, 1.54) is 0 Å². The van der Waals surface area contributed by atoms with Crippen molar-refractivity contribution in [3.05, 3.63) is 29.8 Å². The summed E-state index contributed by atoms with van der Waals surface area (Å²) in [4.78, 5) is 0. The predicted molar refractivity (Wildman–Crippen MR) is 57.5 cm³/mol. The molecule has 0 radical (unpaired) electrons. The van der Waals surface area contributed by atoms with Crippen LogP contribution in [-0.2, 0) is 11.2 Å².